The molecule has 0 saturated carbocycles. The number of hydrogen-bond acceptors (Lipinski definition) is 5. The molecule has 0 spiro atoms. The van der Waals surface area contributed by atoms with E-state index in [1.807, 2.05) is 23.4 Å². The standard InChI is InChI=1S/C13H16IN5O2/c1-3-9(20)19-5-4-8(6-19)21-12-10-11(15-7-16-12)18(2)13(14)17-10/h7-8H,3-6H2,1-2H3. The molecule has 3 rings (SSSR count). The van der Waals surface area contributed by atoms with Crippen molar-refractivity contribution in [2.24, 2.45) is 7.05 Å². The fourth-order valence-corrected chi connectivity index (χ4v) is 2.94. The predicted octanol–water partition coefficient (Wildman–Crippen LogP) is 1.36. The number of carbonyl (C=O) groups is 1. The van der Waals surface area contributed by atoms with Crippen LogP contribution in [-0.2, 0) is 11.8 Å². The molecule has 0 aliphatic carbocycles. The first-order valence-corrected chi connectivity index (χ1v) is 7.95. The summed E-state index contributed by atoms with van der Waals surface area (Å²) in [4.78, 5) is 26.4. The number of imidazole rings is 1. The van der Waals surface area contributed by atoms with Crippen LogP contribution in [-0.4, -0.2) is 49.5 Å². The fourth-order valence-electron chi connectivity index (χ4n) is 2.47. The quantitative estimate of drug-likeness (QED) is 0.574. The highest BCUT2D eigenvalue weighted by atomic mass is 127. The summed E-state index contributed by atoms with van der Waals surface area (Å²) in [6.45, 7) is 3.23. The van der Waals surface area contributed by atoms with Crippen LogP contribution >= 0.6 is 22.6 Å². The summed E-state index contributed by atoms with van der Waals surface area (Å²) in [7, 11) is 1.91. The van der Waals surface area contributed by atoms with E-state index in [1.165, 1.54) is 6.33 Å². The smallest absolute Gasteiger partial charge is 0.245 e. The van der Waals surface area contributed by atoms with E-state index in [1.54, 1.807) is 0 Å². The molecular weight excluding hydrogens is 385 g/mol. The van der Waals surface area contributed by atoms with Crippen molar-refractivity contribution >= 4 is 39.7 Å². The van der Waals surface area contributed by atoms with Gasteiger partial charge < -0.3 is 14.2 Å². The summed E-state index contributed by atoms with van der Waals surface area (Å²) in [5, 5.41) is 0. The molecule has 0 radical (unpaired) electrons. The minimum absolute atomic E-state index is 0.0294. The fraction of sp³-hybridized carbons (Fsp3) is 0.538. The lowest BCUT2D eigenvalue weighted by Gasteiger charge is -2.16. The lowest BCUT2D eigenvalue weighted by Crippen LogP contribution is -2.30. The Morgan fingerprint density at radius 1 is 1.52 bits per heavy atom. The summed E-state index contributed by atoms with van der Waals surface area (Å²) in [5.41, 5.74) is 1.42. The molecule has 8 heteroatoms. The summed E-state index contributed by atoms with van der Waals surface area (Å²) >= 11 is 2.15. The van der Waals surface area contributed by atoms with Crippen LogP contribution in [0.15, 0.2) is 6.33 Å². The monoisotopic (exact) mass is 401 g/mol. The van der Waals surface area contributed by atoms with Gasteiger partial charge in [-0.2, -0.15) is 4.98 Å². The number of aryl methyl sites for hydroxylation is 1. The van der Waals surface area contributed by atoms with Gasteiger partial charge in [-0.05, 0) is 0 Å². The molecule has 1 fully saturated rings. The molecule has 0 aromatic carbocycles. The molecular formula is C13H16IN5O2. The predicted molar refractivity (Wildman–Crippen MR) is 84.9 cm³/mol. The molecule has 0 N–H and O–H groups in total. The van der Waals surface area contributed by atoms with Crippen LogP contribution in [0.4, 0.5) is 0 Å². The van der Waals surface area contributed by atoms with E-state index in [0.717, 1.165) is 22.4 Å². The van der Waals surface area contributed by atoms with E-state index in [4.69, 9.17) is 4.74 Å². The van der Waals surface area contributed by atoms with Crippen molar-refractivity contribution in [3.8, 4) is 5.88 Å². The van der Waals surface area contributed by atoms with E-state index in [2.05, 4.69) is 37.5 Å². The average molecular weight is 401 g/mol. The first kappa shape index (κ1) is 14.5. The normalized spacial score (nSPS) is 18.4. The SMILES string of the molecule is CCC(=O)N1CCC(Oc2ncnc3c2nc(I)n3C)C1. The zero-order valence-corrected chi connectivity index (χ0v) is 14.1. The lowest BCUT2D eigenvalue weighted by atomic mass is 10.3. The van der Waals surface area contributed by atoms with E-state index in [0.29, 0.717) is 24.4 Å². The molecule has 112 valence electrons. The Balaban J connectivity index is 1.80. The van der Waals surface area contributed by atoms with Crippen LogP contribution in [0.25, 0.3) is 11.2 Å². The molecule has 1 amide bonds. The third-order valence-corrected chi connectivity index (χ3v) is 4.61. The van der Waals surface area contributed by atoms with E-state index in [-0.39, 0.29) is 12.0 Å². The maximum atomic E-state index is 11.7. The molecule has 1 saturated heterocycles. The number of fused-ring (bicyclic) bond motifs is 1. The number of amides is 1. The molecule has 2 aromatic heterocycles. The summed E-state index contributed by atoms with van der Waals surface area (Å²) in [6, 6.07) is 0. The number of nitrogens with zero attached hydrogens (tertiary/aromatic N) is 5. The Bertz CT molecular complexity index is 686. The Kier molecular flexibility index (Phi) is 3.96. The minimum Gasteiger partial charge on any atom is -0.471 e. The van der Waals surface area contributed by atoms with Crippen LogP contribution < -0.4 is 4.74 Å². The Labute approximate surface area is 135 Å². The highest BCUT2D eigenvalue weighted by Gasteiger charge is 2.28. The molecule has 1 unspecified atom stereocenters. The number of likely N-dealkylation sites (tertiary alicyclic amines) is 1. The number of halogens is 1. The molecule has 21 heavy (non-hydrogen) atoms. The Morgan fingerprint density at radius 3 is 3.10 bits per heavy atom. The van der Waals surface area contributed by atoms with Crippen LogP contribution in [0.5, 0.6) is 5.88 Å². The summed E-state index contributed by atoms with van der Waals surface area (Å²) in [5.74, 6) is 0.663. The maximum absolute atomic E-state index is 11.7. The van der Waals surface area contributed by atoms with Gasteiger partial charge in [-0.1, -0.05) is 6.92 Å². The van der Waals surface area contributed by atoms with Gasteiger partial charge in [0.15, 0.2) is 15.0 Å². The van der Waals surface area contributed by atoms with Gasteiger partial charge in [0.1, 0.15) is 12.4 Å². The second kappa shape index (κ2) is 5.74. The first-order valence-electron chi connectivity index (χ1n) is 6.87. The lowest BCUT2D eigenvalue weighted by molar-refractivity contribution is -0.130. The van der Waals surface area contributed by atoms with Crippen LogP contribution in [0, 0.1) is 3.83 Å². The van der Waals surface area contributed by atoms with Crippen molar-refractivity contribution in [3.63, 3.8) is 0 Å². The molecule has 2 aromatic rings. The molecule has 0 bridgehead atoms. The number of ether oxygens (including phenoxy) is 1. The van der Waals surface area contributed by atoms with Crippen LogP contribution in [0.3, 0.4) is 0 Å². The van der Waals surface area contributed by atoms with E-state index < -0.39 is 0 Å². The van der Waals surface area contributed by atoms with Crippen LogP contribution in [0.2, 0.25) is 0 Å². The van der Waals surface area contributed by atoms with Gasteiger partial charge in [-0.15, -0.1) is 0 Å². The molecule has 7 nitrogen and oxygen atoms in total. The van der Waals surface area contributed by atoms with Crippen molar-refractivity contribution in [1.29, 1.82) is 0 Å². The maximum Gasteiger partial charge on any atom is 0.245 e. The zero-order valence-electron chi connectivity index (χ0n) is 11.9. The molecule has 3 heterocycles. The van der Waals surface area contributed by atoms with Gasteiger partial charge >= 0.3 is 0 Å². The number of rotatable bonds is 3. The third-order valence-electron chi connectivity index (χ3n) is 3.65. The molecule has 1 aliphatic heterocycles. The van der Waals surface area contributed by atoms with Crippen molar-refractivity contribution in [3.05, 3.63) is 10.2 Å². The van der Waals surface area contributed by atoms with Gasteiger partial charge in [0.2, 0.25) is 11.8 Å². The zero-order chi connectivity index (χ0) is 15.0. The molecule has 1 aliphatic rings. The first-order chi connectivity index (χ1) is 10.1. The summed E-state index contributed by atoms with van der Waals surface area (Å²) < 4.78 is 8.69. The van der Waals surface area contributed by atoms with Crippen LogP contribution in [0.1, 0.15) is 19.8 Å². The largest absolute Gasteiger partial charge is 0.471 e. The topological polar surface area (TPSA) is 73.1 Å². The van der Waals surface area contributed by atoms with Gasteiger partial charge in [-0.3, -0.25) is 4.79 Å². The summed E-state index contributed by atoms with van der Waals surface area (Å²) in [6.07, 6.45) is 2.81. The minimum atomic E-state index is -0.0294. The van der Waals surface area contributed by atoms with Gasteiger partial charge in [0, 0.05) is 49.0 Å². The van der Waals surface area contributed by atoms with Crippen molar-refractivity contribution in [2.45, 2.75) is 25.9 Å². The van der Waals surface area contributed by atoms with Gasteiger partial charge in [-0.25, -0.2) is 9.97 Å². The number of carbonyl (C=O) groups excluding carboxylic acids is 1. The molecule has 1 atom stereocenters. The van der Waals surface area contributed by atoms with E-state index in [9.17, 15) is 4.79 Å². The van der Waals surface area contributed by atoms with Crippen molar-refractivity contribution in [2.75, 3.05) is 13.1 Å². The Morgan fingerprint density at radius 2 is 2.33 bits per heavy atom. The highest BCUT2D eigenvalue weighted by molar-refractivity contribution is 14.1. The second-order valence-corrected chi connectivity index (χ2v) is 5.98. The van der Waals surface area contributed by atoms with Crippen molar-refractivity contribution < 1.29 is 9.53 Å². The highest BCUT2D eigenvalue weighted by Crippen LogP contribution is 2.24. The Hall–Kier alpha value is -1.45. The second-order valence-electron chi connectivity index (χ2n) is 5.01. The van der Waals surface area contributed by atoms with Gasteiger partial charge in [0.05, 0.1) is 6.54 Å². The average Bonchev–Trinajstić information content (AvgIpc) is 3.06. The number of aromatic nitrogens is 4. The van der Waals surface area contributed by atoms with E-state index >= 15 is 0 Å². The number of hydrogen-bond donors (Lipinski definition) is 0. The van der Waals surface area contributed by atoms with Gasteiger partial charge in [0.25, 0.3) is 0 Å². The third kappa shape index (κ3) is 2.68. The van der Waals surface area contributed by atoms with Crippen molar-refractivity contribution in [1.82, 2.24) is 24.4 Å².